The van der Waals surface area contributed by atoms with Crippen molar-refractivity contribution >= 4 is 16.9 Å². The van der Waals surface area contributed by atoms with Gasteiger partial charge in [0.1, 0.15) is 0 Å². The van der Waals surface area contributed by atoms with Crippen molar-refractivity contribution in [1.82, 2.24) is 4.98 Å². The number of aryl methyl sites for hydroxylation is 1. The average molecular weight is 244 g/mol. The third-order valence-corrected chi connectivity index (χ3v) is 3.65. The van der Waals surface area contributed by atoms with Crippen LogP contribution in [-0.4, -0.2) is 24.1 Å². The number of hydrogen-bond donors (Lipinski definition) is 2. The van der Waals surface area contributed by atoms with Crippen molar-refractivity contribution in [2.75, 3.05) is 7.11 Å². The van der Waals surface area contributed by atoms with E-state index in [4.69, 9.17) is 10.5 Å². The second kappa shape index (κ2) is 4.14. The van der Waals surface area contributed by atoms with Gasteiger partial charge >= 0.3 is 5.97 Å². The number of ether oxygens (including phenoxy) is 1. The summed E-state index contributed by atoms with van der Waals surface area (Å²) in [5.74, 6) is -0.299. The number of carbonyl (C=O) groups is 1. The van der Waals surface area contributed by atoms with Gasteiger partial charge in [0.2, 0.25) is 0 Å². The van der Waals surface area contributed by atoms with E-state index in [9.17, 15) is 4.79 Å². The van der Waals surface area contributed by atoms with E-state index in [1.807, 2.05) is 12.1 Å². The number of benzene rings is 1. The number of aromatic nitrogens is 1. The molecular weight excluding hydrogens is 228 g/mol. The van der Waals surface area contributed by atoms with Gasteiger partial charge in [-0.15, -0.1) is 0 Å². The molecule has 1 aliphatic rings. The number of rotatable bonds is 1. The van der Waals surface area contributed by atoms with Crippen molar-refractivity contribution in [3.63, 3.8) is 0 Å². The van der Waals surface area contributed by atoms with Crippen LogP contribution in [0.4, 0.5) is 0 Å². The van der Waals surface area contributed by atoms with Crippen LogP contribution in [-0.2, 0) is 17.6 Å². The van der Waals surface area contributed by atoms with Crippen molar-refractivity contribution in [2.24, 2.45) is 5.73 Å². The molecule has 0 amide bonds. The van der Waals surface area contributed by atoms with Crippen LogP contribution >= 0.6 is 0 Å². The predicted octanol–water partition coefficient (Wildman–Crippen LogP) is 1.77. The lowest BCUT2D eigenvalue weighted by Gasteiger charge is -2.18. The lowest BCUT2D eigenvalue weighted by molar-refractivity contribution is 0.0601. The second-order valence-electron chi connectivity index (χ2n) is 4.84. The van der Waals surface area contributed by atoms with Gasteiger partial charge in [-0.05, 0) is 43.0 Å². The number of aromatic amines is 1. The lowest BCUT2D eigenvalue weighted by atomic mass is 9.92. The normalized spacial score (nSPS) is 18.7. The van der Waals surface area contributed by atoms with E-state index in [2.05, 4.69) is 4.98 Å². The summed E-state index contributed by atoms with van der Waals surface area (Å²) in [6.07, 6.45) is 2.88. The lowest BCUT2D eigenvalue weighted by Crippen LogP contribution is -2.27. The minimum atomic E-state index is -0.299. The third-order valence-electron chi connectivity index (χ3n) is 3.65. The molecule has 1 heterocycles. The average Bonchev–Trinajstić information content (AvgIpc) is 2.75. The summed E-state index contributed by atoms with van der Waals surface area (Å²) in [7, 11) is 1.40. The number of fused-ring (bicyclic) bond motifs is 3. The van der Waals surface area contributed by atoms with Crippen LogP contribution in [0.5, 0.6) is 0 Å². The summed E-state index contributed by atoms with van der Waals surface area (Å²) >= 11 is 0. The fourth-order valence-corrected chi connectivity index (χ4v) is 2.69. The zero-order valence-electron chi connectivity index (χ0n) is 10.3. The maximum absolute atomic E-state index is 11.6. The minimum Gasteiger partial charge on any atom is -0.465 e. The summed E-state index contributed by atoms with van der Waals surface area (Å²) in [6, 6.07) is 5.84. The molecule has 1 atom stereocenters. The largest absolute Gasteiger partial charge is 0.465 e. The quantitative estimate of drug-likeness (QED) is 0.751. The number of nitrogens with two attached hydrogens (primary N) is 1. The topological polar surface area (TPSA) is 68.1 Å². The first-order chi connectivity index (χ1) is 8.69. The molecule has 0 saturated heterocycles. The highest BCUT2D eigenvalue weighted by Crippen LogP contribution is 2.29. The van der Waals surface area contributed by atoms with Crippen LogP contribution in [0.1, 0.15) is 28.0 Å². The van der Waals surface area contributed by atoms with E-state index in [1.165, 1.54) is 18.4 Å². The number of esters is 1. The molecule has 0 bridgehead atoms. The Balaban J connectivity index is 2.15. The first-order valence-electron chi connectivity index (χ1n) is 6.16. The number of nitrogens with one attached hydrogen (secondary N) is 1. The van der Waals surface area contributed by atoms with E-state index in [1.54, 1.807) is 6.07 Å². The van der Waals surface area contributed by atoms with Gasteiger partial charge in [0, 0.05) is 22.6 Å². The van der Waals surface area contributed by atoms with Gasteiger partial charge in [-0.3, -0.25) is 0 Å². The minimum absolute atomic E-state index is 0.221. The Morgan fingerprint density at radius 2 is 2.33 bits per heavy atom. The first kappa shape index (κ1) is 11.3. The Bertz CT molecular complexity index is 616. The Morgan fingerprint density at radius 1 is 1.50 bits per heavy atom. The van der Waals surface area contributed by atoms with Crippen LogP contribution in [0.2, 0.25) is 0 Å². The molecule has 3 rings (SSSR count). The fourth-order valence-electron chi connectivity index (χ4n) is 2.69. The van der Waals surface area contributed by atoms with Gasteiger partial charge in [-0.25, -0.2) is 4.79 Å². The third kappa shape index (κ3) is 1.69. The Labute approximate surface area is 105 Å². The highest BCUT2D eigenvalue weighted by atomic mass is 16.5. The number of carbonyl (C=O) groups excluding carboxylic acids is 1. The summed E-state index contributed by atoms with van der Waals surface area (Å²) in [6.45, 7) is 0. The van der Waals surface area contributed by atoms with Crippen LogP contribution in [0, 0.1) is 0 Å². The molecule has 0 aliphatic heterocycles. The van der Waals surface area contributed by atoms with Gasteiger partial charge < -0.3 is 15.5 Å². The molecule has 1 unspecified atom stereocenters. The van der Waals surface area contributed by atoms with Gasteiger partial charge in [-0.2, -0.15) is 0 Å². The molecule has 18 heavy (non-hydrogen) atoms. The SMILES string of the molecule is COC(=O)c1ccc2[nH]c3c(c2c1)CC(N)CC3. The summed E-state index contributed by atoms with van der Waals surface area (Å²) in [4.78, 5) is 15.0. The monoisotopic (exact) mass is 244 g/mol. The molecule has 0 radical (unpaired) electrons. The summed E-state index contributed by atoms with van der Waals surface area (Å²) < 4.78 is 4.75. The number of methoxy groups -OCH3 is 1. The zero-order chi connectivity index (χ0) is 12.7. The molecule has 4 nitrogen and oxygen atoms in total. The fraction of sp³-hybridized carbons (Fsp3) is 0.357. The molecule has 0 spiro atoms. The highest BCUT2D eigenvalue weighted by Gasteiger charge is 2.20. The van der Waals surface area contributed by atoms with E-state index >= 15 is 0 Å². The first-order valence-corrected chi connectivity index (χ1v) is 6.16. The second-order valence-corrected chi connectivity index (χ2v) is 4.84. The molecule has 4 heteroatoms. The maximum atomic E-state index is 11.6. The number of hydrogen-bond acceptors (Lipinski definition) is 3. The summed E-state index contributed by atoms with van der Waals surface area (Å²) in [5.41, 5.74) is 10.2. The van der Waals surface area contributed by atoms with E-state index in [0.717, 1.165) is 30.2 Å². The molecular formula is C14H16N2O2. The molecule has 3 N–H and O–H groups in total. The highest BCUT2D eigenvalue weighted by molar-refractivity contribution is 5.96. The molecule has 1 aromatic heterocycles. The maximum Gasteiger partial charge on any atom is 0.337 e. The molecule has 0 fully saturated rings. The molecule has 2 aromatic rings. The Morgan fingerprint density at radius 3 is 3.11 bits per heavy atom. The van der Waals surface area contributed by atoms with Crippen molar-refractivity contribution in [3.8, 4) is 0 Å². The van der Waals surface area contributed by atoms with Crippen LogP contribution in [0.3, 0.4) is 0 Å². The van der Waals surface area contributed by atoms with Gasteiger partial charge in [0.05, 0.1) is 12.7 Å². The van der Waals surface area contributed by atoms with Gasteiger partial charge in [0.25, 0.3) is 0 Å². The smallest absolute Gasteiger partial charge is 0.337 e. The predicted molar refractivity (Wildman–Crippen MR) is 69.6 cm³/mol. The number of H-pyrrole nitrogens is 1. The van der Waals surface area contributed by atoms with E-state index < -0.39 is 0 Å². The van der Waals surface area contributed by atoms with Gasteiger partial charge in [-0.1, -0.05) is 0 Å². The van der Waals surface area contributed by atoms with Crippen molar-refractivity contribution < 1.29 is 9.53 Å². The molecule has 1 aliphatic carbocycles. The van der Waals surface area contributed by atoms with Crippen LogP contribution in [0.25, 0.3) is 10.9 Å². The zero-order valence-corrected chi connectivity index (χ0v) is 10.3. The van der Waals surface area contributed by atoms with Crippen molar-refractivity contribution in [1.29, 1.82) is 0 Å². The molecule has 94 valence electrons. The van der Waals surface area contributed by atoms with Crippen molar-refractivity contribution in [2.45, 2.75) is 25.3 Å². The van der Waals surface area contributed by atoms with Gasteiger partial charge in [0.15, 0.2) is 0 Å². The van der Waals surface area contributed by atoms with E-state index in [0.29, 0.717) is 5.56 Å². The molecule has 0 saturated carbocycles. The van der Waals surface area contributed by atoms with Crippen LogP contribution in [0.15, 0.2) is 18.2 Å². The standard InChI is InChI=1S/C14H16N2O2/c1-18-14(17)8-2-4-12-10(6-8)11-7-9(15)3-5-13(11)16-12/h2,4,6,9,16H,3,5,7,15H2,1H3. The molecule has 1 aromatic carbocycles. The van der Waals surface area contributed by atoms with Crippen molar-refractivity contribution in [3.05, 3.63) is 35.0 Å². The summed E-state index contributed by atoms with van der Waals surface area (Å²) in [5, 5.41) is 1.10. The Hall–Kier alpha value is -1.81. The van der Waals surface area contributed by atoms with E-state index in [-0.39, 0.29) is 12.0 Å². The Kier molecular flexibility index (Phi) is 2.59. The van der Waals surface area contributed by atoms with Crippen LogP contribution < -0.4 is 5.73 Å².